The van der Waals surface area contributed by atoms with Crippen molar-refractivity contribution in [3.63, 3.8) is 0 Å². The second-order valence-electron chi connectivity index (χ2n) is 4.18. The Morgan fingerprint density at radius 2 is 1.80 bits per heavy atom. The van der Waals surface area contributed by atoms with Gasteiger partial charge in [-0.15, -0.1) is 0 Å². The van der Waals surface area contributed by atoms with Crippen molar-refractivity contribution in [1.29, 1.82) is 0 Å². The van der Waals surface area contributed by atoms with E-state index in [-0.39, 0.29) is 5.95 Å². The number of aryl methyl sites for hydroxylation is 1. The molecule has 3 heterocycles. The Morgan fingerprint density at radius 3 is 2.60 bits per heavy atom. The summed E-state index contributed by atoms with van der Waals surface area (Å²) in [4.78, 5) is 14.4. The van der Waals surface area contributed by atoms with E-state index in [0.717, 1.165) is 17.0 Å². The quantitative estimate of drug-likeness (QED) is 0.679. The minimum atomic E-state index is 0.132. The molecule has 3 aromatic rings. The molecule has 5 heteroatoms. The number of furan rings is 2. The summed E-state index contributed by atoms with van der Waals surface area (Å²) < 4.78 is 15.7. The van der Waals surface area contributed by atoms with E-state index in [4.69, 9.17) is 8.83 Å². The topological polar surface area (TPSA) is 65.5 Å². The normalized spacial score (nSPS) is 10.4. The second kappa shape index (κ2) is 5.05. The van der Waals surface area contributed by atoms with Crippen molar-refractivity contribution in [2.75, 3.05) is 0 Å². The highest BCUT2D eigenvalue weighted by Gasteiger charge is 2.11. The Kier molecular flexibility index (Phi) is 3.09. The number of carbonyl (C=O) groups is 1. The van der Waals surface area contributed by atoms with Crippen LogP contribution in [-0.2, 0) is 4.79 Å². The standard InChI is InChI=1S/C15H11NO4/c1-10-8-11(6-7-16-10)12-2-3-13(19-12)14-4-5-15(20-14)18-9-17/h2-9H,1H3. The average molecular weight is 269 g/mol. The van der Waals surface area contributed by atoms with Crippen LogP contribution in [0.4, 0.5) is 0 Å². The summed E-state index contributed by atoms with van der Waals surface area (Å²) in [5, 5.41) is 0. The van der Waals surface area contributed by atoms with Gasteiger partial charge >= 0.3 is 6.47 Å². The molecule has 0 aliphatic carbocycles. The lowest BCUT2D eigenvalue weighted by Gasteiger charge is -1.97. The lowest BCUT2D eigenvalue weighted by Crippen LogP contribution is -1.84. The van der Waals surface area contributed by atoms with Gasteiger partial charge in [0.15, 0.2) is 11.5 Å². The molecule has 0 aliphatic heterocycles. The van der Waals surface area contributed by atoms with Crippen molar-refractivity contribution >= 4 is 6.47 Å². The summed E-state index contributed by atoms with van der Waals surface area (Å²) in [5.74, 6) is 1.92. The summed E-state index contributed by atoms with van der Waals surface area (Å²) in [6.07, 6.45) is 1.73. The van der Waals surface area contributed by atoms with Gasteiger partial charge in [-0.3, -0.25) is 9.78 Å². The maximum Gasteiger partial charge on any atom is 0.300 e. The van der Waals surface area contributed by atoms with Gasteiger partial charge in [-0.05, 0) is 37.3 Å². The molecule has 0 N–H and O–H groups in total. The molecule has 0 atom stereocenters. The van der Waals surface area contributed by atoms with Crippen LogP contribution in [0.25, 0.3) is 22.8 Å². The van der Waals surface area contributed by atoms with Crippen LogP contribution in [0.5, 0.6) is 5.95 Å². The fourth-order valence-corrected chi connectivity index (χ4v) is 1.89. The van der Waals surface area contributed by atoms with Gasteiger partial charge in [0, 0.05) is 23.5 Å². The third-order valence-corrected chi connectivity index (χ3v) is 2.78. The Morgan fingerprint density at radius 1 is 1.05 bits per heavy atom. The number of hydrogen-bond acceptors (Lipinski definition) is 5. The predicted octanol–water partition coefficient (Wildman–Crippen LogP) is 3.45. The lowest BCUT2D eigenvalue weighted by atomic mass is 10.2. The molecule has 0 aromatic carbocycles. The predicted molar refractivity (Wildman–Crippen MR) is 71.1 cm³/mol. The molecule has 0 aliphatic rings. The number of pyridine rings is 1. The Hall–Kier alpha value is -2.82. The van der Waals surface area contributed by atoms with Gasteiger partial charge in [0.25, 0.3) is 5.95 Å². The SMILES string of the molecule is Cc1cc(-c2ccc(-c3ccc(OC=O)o3)o2)ccn1. The van der Waals surface area contributed by atoms with Crippen molar-refractivity contribution < 1.29 is 18.4 Å². The molecule has 5 nitrogen and oxygen atoms in total. The molecule has 100 valence electrons. The van der Waals surface area contributed by atoms with Crippen molar-refractivity contribution in [1.82, 2.24) is 4.98 Å². The fraction of sp³-hybridized carbons (Fsp3) is 0.0667. The molecule has 0 radical (unpaired) electrons. The van der Waals surface area contributed by atoms with E-state index in [1.807, 2.05) is 25.1 Å². The number of nitrogens with zero attached hydrogens (tertiary/aromatic N) is 1. The number of carbonyl (C=O) groups excluding carboxylic acids is 1. The smallest absolute Gasteiger partial charge is 0.300 e. The maximum absolute atomic E-state index is 10.2. The highest BCUT2D eigenvalue weighted by molar-refractivity contribution is 5.62. The van der Waals surface area contributed by atoms with Gasteiger partial charge < -0.3 is 13.6 Å². The van der Waals surface area contributed by atoms with Crippen LogP contribution in [0.1, 0.15) is 5.69 Å². The largest absolute Gasteiger partial charge is 0.453 e. The van der Waals surface area contributed by atoms with Gasteiger partial charge in [0.05, 0.1) is 0 Å². The first-order chi connectivity index (χ1) is 9.76. The molecule has 3 aromatic heterocycles. The summed E-state index contributed by atoms with van der Waals surface area (Å²) in [6.45, 7) is 2.23. The molecule has 0 saturated carbocycles. The summed E-state index contributed by atoms with van der Waals surface area (Å²) >= 11 is 0. The van der Waals surface area contributed by atoms with Gasteiger partial charge in [0.2, 0.25) is 0 Å². The fourth-order valence-electron chi connectivity index (χ4n) is 1.89. The van der Waals surface area contributed by atoms with Crippen molar-refractivity contribution in [3.05, 3.63) is 48.3 Å². The minimum absolute atomic E-state index is 0.132. The zero-order valence-electron chi connectivity index (χ0n) is 10.7. The summed E-state index contributed by atoms with van der Waals surface area (Å²) in [5.41, 5.74) is 1.86. The minimum Gasteiger partial charge on any atom is -0.453 e. The average Bonchev–Trinajstić information content (AvgIpc) is 3.07. The Bertz CT molecular complexity index is 742. The van der Waals surface area contributed by atoms with Gasteiger partial charge in [-0.25, -0.2) is 0 Å². The first kappa shape index (κ1) is 12.2. The van der Waals surface area contributed by atoms with Crippen LogP contribution in [0.3, 0.4) is 0 Å². The number of ether oxygens (including phenoxy) is 1. The van der Waals surface area contributed by atoms with Gasteiger partial charge in [0.1, 0.15) is 5.76 Å². The molecular weight excluding hydrogens is 258 g/mol. The zero-order valence-corrected chi connectivity index (χ0v) is 10.7. The van der Waals surface area contributed by atoms with E-state index in [2.05, 4.69) is 9.72 Å². The molecular formula is C15H11NO4. The first-order valence-electron chi connectivity index (χ1n) is 5.99. The molecule has 3 rings (SSSR count). The van der Waals surface area contributed by atoms with Crippen LogP contribution in [0, 0.1) is 6.92 Å². The molecule has 0 amide bonds. The number of hydrogen-bond donors (Lipinski definition) is 0. The van der Waals surface area contributed by atoms with Gasteiger partial charge in [-0.2, -0.15) is 0 Å². The van der Waals surface area contributed by atoms with Crippen LogP contribution in [-0.4, -0.2) is 11.5 Å². The van der Waals surface area contributed by atoms with E-state index >= 15 is 0 Å². The van der Waals surface area contributed by atoms with Crippen LogP contribution in [0.2, 0.25) is 0 Å². The van der Waals surface area contributed by atoms with Crippen molar-refractivity contribution in [3.8, 4) is 28.8 Å². The highest BCUT2D eigenvalue weighted by Crippen LogP contribution is 2.31. The van der Waals surface area contributed by atoms with Crippen LogP contribution in [0.15, 0.2) is 51.4 Å². The monoisotopic (exact) mass is 269 g/mol. The zero-order chi connectivity index (χ0) is 13.9. The molecule has 0 saturated heterocycles. The van der Waals surface area contributed by atoms with E-state index in [9.17, 15) is 4.79 Å². The third kappa shape index (κ3) is 2.33. The maximum atomic E-state index is 10.2. The van der Waals surface area contributed by atoms with E-state index in [1.54, 1.807) is 24.4 Å². The van der Waals surface area contributed by atoms with Crippen molar-refractivity contribution in [2.45, 2.75) is 6.92 Å². The first-order valence-corrected chi connectivity index (χ1v) is 5.99. The molecule has 0 unspecified atom stereocenters. The lowest BCUT2D eigenvalue weighted by molar-refractivity contribution is -0.121. The Balaban J connectivity index is 1.91. The number of aromatic nitrogens is 1. The molecule has 0 spiro atoms. The summed E-state index contributed by atoms with van der Waals surface area (Å²) in [6, 6.07) is 10.7. The summed E-state index contributed by atoms with van der Waals surface area (Å²) in [7, 11) is 0. The Labute approximate surface area is 114 Å². The van der Waals surface area contributed by atoms with E-state index in [1.165, 1.54) is 0 Å². The number of rotatable bonds is 4. The molecule has 20 heavy (non-hydrogen) atoms. The van der Waals surface area contributed by atoms with E-state index < -0.39 is 0 Å². The third-order valence-electron chi connectivity index (χ3n) is 2.78. The highest BCUT2D eigenvalue weighted by atomic mass is 16.6. The van der Waals surface area contributed by atoms with Crippen LogP contribution < -0.4 is 4.74 Å². The molecule has 0 fully saturated rings. The van der Waals surface area contributed by atoms with Crippen molar-refractivity contribution in [2.24, 2.45) is 0 Å². The van der Waals surface area contributed by atoms with E-state index in [0.29, 0.717) is 18.0 Å². The van der Waals surface area contributed by atoms with Crippen LogP contribution >= 0.6 is 0 Å². The second-order valence-corrected chi connectivity index (χ2v) is 4.18. The molecule has 0 bridgehead atoms. The van der Waals surface area contributed by atoms with Gasteiger partial charge in [-0.1, -0.05) is 0 Å².